The average molecular weight is 620 g/mol. The molecule has 0 unspecified atom stereocenters. The lowest BCUT2D eigenvalue weighted by Gasteiger charge is -2.18. The first-order valence-corrected chi connectivity index (χ1v) is 15.1. The van der Waals surface area contributed by atoms with Gasteiger partial charge in [-0.1, -0.05) is 12.1 Å². The molecule has 4 aromatic rings. The summed E-state index contributed by atoms with van der Waals surface area (Å²) in [5.74, 6) is 3.78. The van der Waals surface area contributed by atoms with E-state index in [1.54, 1.807) is 7.11 Å². The monoisotopic (exact) mass is 619 g/mol. The van der Waals surface area contributed by atoms with Gasteiger partial charge in [0.2, 0.25) is 12.5 Å². The maximum absolute atomic E-state index is 11.6. The molecule has 0 radical (unpaired) electrons. The number of nitrogens with zero attached hydrogens (tertiary/aromatic N) is 1. The van der Waals surface area contributed by atoms with E-state index in [2.05, 4.69) is 35.0 Å². The number of ether oxygens (including phenoxy) is 6. The molecule has 0 N–H and O–H groups in total. The molecule has 0 atom stereocenters. The molecule has 0 bridgehead atoms. The van der Waals surface area contributed by atoms with Crippen molar-refractivity contribution < 1.29 is 50.2 Å². The Labute approximate surface area is 264 Å². The number of halogens is 1. The Morgan fingerprint density at radius 1 is 0.909 bits per heavy atom. The molecule has 3 aromatic carbocycles. The van der Waals surface area contributed by atoms with Crippen molar-refractivity contribution in [3.05, 3.63) is 71.9 Å². The highest BCUT2D eigenvalue weighted by atomic mass is 35.5. The van der Waals surface area contributed by atoms with E-state index in [4.69, 9.17) is 28.4 Å². The number of pyridine rings is 1. The number of benzene rings is 3. The van der Waals surface area contributed by atoms with Gasteiger partial charge in [0.1, 0.15) is 5.75 Å². The van der Waals surface area contributed by atoms with E-state index in [0.717, 1.165) is 89.4 Å². The van der Waals surface area contributed by atoms with Crippen molar-refractivity contribution >= 4 is 16.7 Å². The van der Waals surface area contributed by atoms with Gasteiger partial charge in [0.05, 0.1) is 44.3 Å². The molecule has 1 aromatic heterocycles. The highest BCUT2D eigenvalue weighted by molar-refractivity contribution is 5.91. The summed E-state index contributed by atoms with van der Waals surface area (Å²) in [6, 6.07) is 18.2. The van der Waals surface area contributed by atoms with Gasteiger partial charge in [-0.15, -0.1) is 0 Å². The van der Waals surface area contributed by atoms with Gasteiger partial charge >= 0.3 is 5.97 Å². The largest absolute Gasteiger partial charge is 1.00 e. The van der Waals surface area contributed by atoms with Crippen LogP contribution in [0.15, 0.2) is 60.8 Å². The van der Waals surface area contributed by atoms with Crippen molar-refractivity contribution in [3.63, 3.8) is 0 Å². The maximum atomic E-state index is 11.6. The Balaban J connectivity index is 0.00000384. The number of hydrogen-bond donors (Lipinski definition) is 0. The molecule has 0 aliphatic carbocycles. The minimum absolute atomic E-state index is 0. The zero-order chi connectivity index (χ0) is 29.6. The molecule has 9 heteroatoms. The van der Waals surface area contributed by atoms with Gasteiger partial charge in [0, 0.05) is 12.5 Å². The Hall–Kier alpha value is -4.17. The van der Waals surface area contributed by atoms with E-state index in [0.29, 0.717) is 19.8 Å². The SMILES string of the molecule is CCOC(=O)Cc1ccc(OCCCCCCOc2c(OC)ccc3cc4[n+](cc23)CCc2cc3c(cc2-4)OCO3)cc1.[Cl-]. The summed E-state index contributed by atoms with van der Waals surface area (Å²) >= 11 is 0. The first-order valence-electron chi connectivity index (χ1n) is 15.1. The van der Waals surface area contributed by atoms with Gasteiger partial charge in [0.25, 0.3) is 0 Å². The summed E-state index contributed by atoms with van der Waals surface area (Å²) in [5.41, 5.74) is 4.55. The van der Waals surface area contributed by atoms with Crippen LogP contribution >= 0.6 is 0 Å². The highest BCUT2D eigenvalue weighted by Gasteiger charge is 2.28. The van der Waals surface area contributed by atoms with Crippen molar-refractivity contribution in [2.24, 2.45) is 0 Å². The van der Waals surface area contributed by atoms with Crippen molar-refractivity contribution in [2.45, 2.75) is 52.0 Å². The van der Waals surface area contributed by atoms with Crippen LogP contribution in [0.3, 0.4) is 0 Å². The maximum Gasteiger partial charge on any atom is 0.310 e. The fourth-order valence-electron chi connectivity index (χ4n) is 5.71. The molecule has 0 fully saturated rings. The third kappa shape index (κ3) is 6.97. The number of fused-ring (bicyclic) bond motifs is 5. The molecular weight excluding hydrogens is 582 g/mol. The number of unbranched alkanes of at least 4 members (excludes halogenated alkanes) is 3. The molecule has 0 amide bonds. The fourth-order valence-corrected chi connectivity index (χ4v) is 5.71. The van der Waals surface area contributed by atoms with Gasteiger partial charge < -0.3 is 40.8 Å². The predicted molar refractivity (Wildman–Crippen MR) is 162 cm³/mol. The summed E-state index contributed by atoms with van der Waals surface area (Å²) in [4.78, 5) is 11.6. The third-order valence-corrected chi connectivity index (χ3v) is 7.93. The normalized spacial score (nSPS) is 12.6. The molecule has 2 aliphatic rings. The van der Waals surface area contributed by atoms with Crippen molar-refractivity contribution in [3.8, 4) is 40.0 Å². The van der Waals surface area contributed by atoms with Gasteiger partial charge in [0.15, 0.2) is 35.7 Å². The van der Waals surface area contributed by atoms with Gasteiger partial charge in [-0.25, -0.2) is 0 Å². The number of carbonyl (C=O) groups excluding carboxylic acids is 1. The van der Waals surface area contributed by atoms with Gasteiger partial charge in [-0.3, -0.25) is 4.79 Å². The second-order valence-corrected chi connectivity index (χ2v) is 10.8. The van der Waals surface area contributed by atoms with E-state index in [-0.39, 0.29) is 31.6 Å². The second-order valence-electron chi connectivity index (χ2n) is 10.8. The molecule has 0 saturated heterocycles. The summed E-state index contributed by atoms with van der Waals surface area (Å²) < 4.78 is 36.5. The van der Waals surface area contributed by atoms with E-state index >= 15 is 0 Å². The predicted octanol–water partition coefficient (Wildman–Crippen LogP) is 3.22. The topological polar surface area (TPSA) is 76.3 Å². The molecule has 3 heterocycles. The Morgan fingerprint density at radius 3 is 2.41 bits per heavy atom. The van der Waals surface area contributed by atoms with Crippen LogP contribution in [0, 0.1) is 0 Å². The average Bonchev–Trinajstić information content (AvgIpc) is 3.49. The summed E-state index contributed by atoms with van der Waals surface area (Å²) in [7, 11) is 1.69. The lowest BCUT2D eigenvalue weighted by molar-refractivity contribution is -0.686. The summed E-state index contributed by atoms with van der Waals surface area (Å²) in [6.45, 7) is 4.64. The molecule has 6 rings (SSSR count). The number of carbonyl (C=O) groups is 1. The summed E-state index contributed by atoms with van der Waals surface area (Å²) in [6.07, 6.45) is 7.41. The zero-order valence-electron chi connectivity index (χ0n) is 25.2. The number of aryl methyl sites for hydroxylation is 2. The van der Waals surface area contributed by atoms with Crippen LogP contribution in [0.25, 0.3) is 22.0 Å². The van der Waals surface area contributed by atoms with Crippen LogP contribution in [0.4, 0.5) is 0 Å². The quantitative estimate of drug-likeness (QED) is 0.129. The molecule has 44 heavy (non-hydrogen) atoms. The van der Waals surface area contributed by atoms with Crippen LogP contribution in [0.2, 0.25) is 0 Å². The van der Waals surface area contributed by atoms with Crippen LogP contribution in [-0.2, 0) is 28.9 Å². The Bertz CT molecular complexity index is 1610. The van der Waals surface area contributed by atoms with Crippen molar-refractivity contribution in [2.75, 3.05) is 33.7 Å². The molecule has 0 saturated carbocycles. The Kier molecular flexibility index (Phi) is 10.3. The number of methoxy groups -OCH3 is 1. The van der Waals surface area contributed by atoms with Crippen molar-refractivity contribution in [1.29, 1.82) is 0 Å². The van der Waals surface area contributed by atoms with E-state index in [1.165, 1.54) is 11.1 Å². The van der Waals surface area contributed by atoms with Crippen LogP contribution < -0.4 is 40.7 Å². The van der Waals surface area contributed by atoms with Crippen LogP contribution in [0.5, 0.6) is 28.7 Å². The van der Waals surface area contributed by atoms with Gasteiger partial charge in [-0.2, -0.15) is 4.57 Å². The third-order valence-electron chi connectivity index (χ3n) is 7.93. The number of aromatic nitrogens is 1. The van der Waals surface area contributed by atoms with E-state index in [9.17, 15) is 4.79 Å². The number of rotatable bonds is 13. The number of esters is 1. The number of hydrogen-bond acceptors (Lipinski definition) is 7. The highest BCUT2D eigenvalue weighted by Crippen LogP contribution is 2.41. The minimum Gasteiger partial charge on any atom is -1.00 e. The van der Waals surface area contributed by atoms with Crippen molar-refractivity contribution in [1.82, 2.24) is 0 Å². The molecule has 8 nitrogen and oxygen atoms in total. The summed E-state index contributed by atoms with van der Waals surface area (Å²) in [5, 5.41) is 2.16. The minimum atomic E-state index is -0.211. The van der Waals surface area contributed by atoms with Crippen LogP contribution in [0.1, 0.15) is 43.7 Å². The first kappa shape index (κ1) is 31.3. The molecule has 0 spiro atoms. The molecule has 2 aliphatic heterocycles. The standard InChI is InChI=1S/C35H38NO7.ClH/c1-3-39-34(37)18-24-8-11-27(12-9-24)40-16-6-4-5-7-17-41-35-29-22-36-15-14-26-20-32-33(43-23-42-32)21-28(26)30(36)19-25(29)10-13-31(35)38-2;/h8-13,19-22H,3-7,14-18,23H2,1-2H3;1H/q+1;/p-1. The van der Waals surface area contributed by atoms with E-state index < -0.39 is 0 Å². The second kappa shape index (κ2) is 14.5. The fraction of sp³-hybridized carbons (Fsp3) is 0.371. The van der Waals surface area contributed by atoms with E-state index in [1.807, 2.05) is 37.3 Å². The Morgan fingerprint density at radius 2 is 1.66 bits per heavy atom. The molecule has 232 valence electrons. The lowest BCUT2D eigenvalue weighted by atomic mass is 9.95. The lowest BCUT2D eigenvalue weighted by Crippen LogP contribution is -3.00. The smallest absolute Gasteiger partial charge is 0.310 e. The van der Waals surface area contributed by atoms with Crippen LogP contribution in [-0.4, -0.2) is 39.7 Å². The van der Waals surface area contributed by atoms with Gasteiger partial charge in [-0.05, 0) is 85.5 Å². The zero-order valence-corrected chi connectivity index (χ0v) is 26.0. The first-order chi connectivity index (χ1) is 21.1. The molecular formula is C35H38ClNO7.